The smallest absolute Gasteiger partial charge is 0.306 e. The summed E-state index contributed by atoms with van der Waals surface area (Å²) in [5.74, 6) is -0.933. The van der Waals surface area contributed by atoms with Gasteiger partial charge in [0.25, 0.3) is 7.82 Å². The first-order valence-corrected chi connectivity index (χ1v) is 22.1. The number of phosphoric acid groups is 1. The van der Waals surface area contributed by atoms with Crippen LogP contribution in [0.3, 0.4) is 0 Å². The van der Waals surface area contributed by atoms with Crippen molar-refractivity contribution in [1.82, 2.24) is 0 Å². The lowest BCUT2D eigenvalue weighted by Crippen LogP contribution is -2.37. The molecule has 2 atom stereocenters. The Morgan fingerprint density at radius 3 is 1.41 bits per heavy atom. The molecular weight excluding hydrogens is 701 g/mol. The van der Waals surface area contributed by atoms with Crippen LogP contribution in [0.25, 0.3) is 0 Å². The monoisotopic (exact) mass is 778 g/mol. The van der Waals surface area contributed by atoms with Crippen molar-refractivity contribution in [1.29, 1.82) is 0 Å². The fourth-order valence-electron chi connectivity index (χ4n) is 4.90. The molecule has 0 N–H and O–H groups in total. The summed E-state index contributed by atoms with van der Waals surface area (Å²) in [5.41, 5.74) is 0. The van der Waals surface area contributed by atoms with Crippen molar-refractivity contribution in [2.24, 2.45) is 0 Å². The maximum atomic E-state index is 12.6. The third-order valence-corrected chi connectivity index (χ3v) is 9.16. The van der Waals surface area contributed by atoms with Crippen LogP contribution in [-0.2, 0) is 32.7 Å². The summed E-state index contributed by atoms with van der Waals surface area (Å²) in [6.45, 7) is 4.05. The average molecular weight is 778 g/mol. The Bertz CT molecular complexity index is 1150. The Morgan fingerprint density at radius 1 is 0.574 bits per heavy atom. The van der Waals surface area contributed by atoms with Gasteiger partial charge in [0.15, 0.2) is 6.10 Å². The van der Waals surface area contributed by atoms with E-state index in [2.05, 4.69) is 86.8 Å². The van der Waals surface area contributed by atoms with Gasteiger partial charge in [-0.1, -0.05) is 112 Å². The van der Waals surface area contributed by atoms with Crippen molar-refractivity contribution in [3.05, 3.63) is 72.9 Å². The Kier molecular flexibility index (Phi) is 34.4. The number of carbonyl (C=O) groups excluding carboxylic acids is 2. The lowest BCUT2D eigenvalue weighted by Gasteiger charge is -2.28. The van der Waals surface area contributed by atoms with E-state index in [0.29, 0.717) is 23.9 Å². The zero-order valence-corrected chi connectivity index (χ0v) is 35.5. The van der Waals surface area contributed by atoms with Gasteiger partial charge in [-0.25, -0.2) is 0 Å². The van der Waals surface area contributed by atoms with E-state index in [4.69, 9.17) is 18.5 Å². The van der Waals surface area contributed by atoms with E-state index in [-0.39, 0.29) is 26.1 Å². The number of carbonyl (C=O) groups is 2. The first-order valence-electron chi connectivity index (χ1n) is 20.6. The molecule has 0 bridgehead atoms. The Balaban J connectivity index is 4.56. The third kappa shape index (κ3) is 39.2. The summed E-state index contributed by atoms with van der Waals surface area (Å²) in [5, 5.41) is 0. The molecule has 1 unspecified atom stereocenters. The molecule has 9 nitrogen and oxygen atoms in total. The molecule has 0 saturated heterocycles. The minimum Gasteiger partial charge on any atom is -0.756 e. The standard InChI is InChI=1S/C44H76NO8P/c1-6-8-10-12-14-16-18-20-22-24-26-28-30-32-34-36-43(46)50-40-42(41-52-54(48,49)51-39-38-45(3,4)5)53-44(47)37-35-33-31-29-27-25-23-21-19-17-15-13-11-9-7-2/h14-17,20-23,26-29,42H,6-13,18-19,24-25,30-41H2,1-5H3/b16-14+,17-15+,22-20+,23-21+,28-26+,29-27+/t42-/m1/s1. The topological polar surface area (TPSA) is 111 Å². The summed E-state index contributed by atoms with van der Waals surface area (Å²) in [6, 6.07) is 0. The van der Waals surface area contributed by atoms with E-state index < -0.39 is 32.5 Å². The number of likely N-dealkylation sites (N-methyl/N-ethyl adjacent to an activating group) is 1. The molecule has 0 heterocycles. The highest BCUT2D eigenvalue weighted by atomic mass is 31.2. The zero-order chi connectivity index (χ0) is 40.0. The van der Waals surface area contributed by atoms with E-state index in [9.17, 15) is 19.0 Å². The average Bonchev–Trinajstić information content (AvgIpc) is 3.12. The lowest BCUT2D eigenvalue weighted by atomic mass is 10.1. The number of hydrogen-bond acceptors (Lipinski definition) is 8. The largest absolute Gasteiger partial charge is 0.756 e. The van der Waals surface area contributed by atoms with Crippen molar-refractivity contribution in [3.8, 4) is 0 Å². The van der Waals surface area contributed by atoms with Crippen molar-refractivity contribution in [2.45, 2.75) is 148 Å². The first kappa shape index (κ1) is 51.5. The van der Waals surface area contributed by atoms with Crippen LogP contribution in [0, 0.1) is 0 Å². The molecule has 0 spiro atoms. The van der Waals surface area contributed by atoms with E-state index in [0.717, 1.165) is 64.2 Å². The summed E-state index contributed by atoms with van der Waals surface area (Å²) < 4.78 is 33.7. The zero-order valence-electron chi connectivity index (χ0n) is 34.6. The van der Waals surface area contributed by atoms with Gasteiger partial charge in [-0.3, -0.25) is 14.2 Å². The second-order valence-electron chi connectivity index (χ2n) is 14.6. The molecule has 0 aromatic carbocycles. The van der Waals surface area contributed by atoms with Crippen molar-refractivity contribution in [3.63, 3.8) is 0 Å². The molecule has 0 aliphatic heterocycles. The predicted molar refractivity (Wildman–Crippen MR) is 222 cm³/mol. The first-order chi connectivity index (χ1) is 26.0. The minimum absolute atomic E-state index is 0.0479. The fraction of sp³-hybridized carbons (Fsp3) is 0.682. The minimum atomic E-state index is -4.64. The van der Waals surface area contributed by atoms with Crippen molar-refractivity contribution in [2.75, 3.05) is 47.5 Å². The van der Waals surface area contributed by atoms with Gasteiger partial charge in [0.2, 0.25) is 0 Å². The molecule has 310 valence electrons. The van der Waals surface area contributed by atoms with Gasteiger partial charge in [0.1, 0.15) is 19.8 Å². The maximum absolute atomic E-state index is 12.6. The van der Waals surface area contributed by atoms with Crippen LogP contribution in [-0.4, -0.2) is 70.0 Å². The quantitative estimate of drug-likeness (QED) is 0.0203. The number of hydrogen-bond donors (Lipinski definition) is 0. The number of rotatable bonds is 36. The number of ether oxygens (including phenoxy) is 2. The van der Waals surface area contributed by atoms with Gasteiger partial charge in [-0.2, -0.15) is 0 Å². The van der Waals surface area contributed by atoms with E-state index in [1.807, 2.05) is 21.1 Å². The molecule has 0 aliphatic carbocycles. The van der Waals surface area contributed by atoms with Gasteiger partial charge < -0.3 is 27.9 Å². The molecule has 54 heavy (non-hydrogen) atoms. The van der Waals surface area contributed by atoms with Crippen LogP contribution in [0.1, 0.15) is 142 Å². The normalized spacial score (nSPS) is 14.4. The van der Waals surface area contributed by atoms with Crippen LogP contribution in [0.4, 0.5) is 0 Å². The van der Waals surface area contributed by atoms with Gasteiger partial charge in [-0.15, -0.1) is 0 Å². The number of esters is 2. The summed E-state index contributed by atoms with van der Waals surface area (Å²) in [7, 11) is 1.11. The molecule has 0 radical (unpaired) electrons. The van der Waals surface area contributed by atoms with Crippen molar-refractivity contribution >= 4 is 19.8 Å². The second-order valence-corrected chi connectivity index (χ2v) is 16.1. The molecule has 0 aromatic heterocycles. The highest BCUT2D eigenvalue weighted by Gasteiger charge is 2.21. The number of nitrogens with zero attached hydrogens (tertiary/aromatic N) is 1. The summed E-state index contributed by atoms with van der Waals surface area (Å²) in [6.07, 6.45) is 43.6. The third-order valence-electron chi connectivity index (χ3n) is 8.20. The van der Waals surface area contributed by atoms with E-state index in [1.165, 1.54) is 38.5 Å². The Labute approximate surface area is 329 Å². The maximum Gasteiger partial charge on any atom is 0.306 e. The van der Waals surface area contributed by atoms with Crippen LogP contribution < -0.4 is 4.89 Å². The fourth-order valence-corrected chi connectivity index (χ4v) is 5.63. The molecule has 0 fully saturated rings. The second kappa shape index (κ2) is 36.1. The Hall–Kier alpha value is -2.55. The van der Waals surface area contributed by atoms with Crippen LogP contribution >= 0.6 is 7.82 Å². The molecule has 0 amide bonds. The molecular formula is C44H76NO8P. The number of allylic oxidation sites excluding steroid dienone is 12. The lowest BCUT2D eigenvalue weighted by molar-refractivity contribution is -0.870. The molecule has 0 aliphatic rings. The van der Waals surface area contributed by atoms with Gasteiger partial charge >= 0.3 is 11.9 Å². The van der Waals surface area contributed by atoms with Gasteiger partial charge in [0, 0.05) is 12.8 Å². The number of quaternary nitrogens is 1. The van der Waals surface area contributed by atoms with E-state index >= 15 is 0 Å². The van der Waals surface area contributed by atoms with Crippen LogP contribution in [0.2, 0.25) is 0 Å². The molecule has 0 aromatic rings. The van der Waals surface area contributed by atoms with Crippen LogP contribution in [0.15, 0.2) is 72.9 Å². The van der Waals surface area contributed by atoms with E-state index in [1.54, 1.807) is 0 Å². The number of phosphoric ester groups is 1. The Morgan fingerprint density at radius 2 is 0.981 bits per heavy atom. The highest BCUT2D eigenvalue weighted by Crippen LogP contribution is 2.38. The van der Waals surface area contributed by atoms with Gasteiger partial charge in [-0.05, 0) is 89.9 Å². The van der Waals surface area contributed by atoms with Crippen molar-refractivity contribution < 1.29 is 42.1 Å². The highest BCUT2D eigenvalue weighted by molar-refractivity contribution is 7.45. The predicted octanol–water partition coefficient (Wildman–Crippen LogP) is 10.8. The van der Waals surface area contributed by atoms with Gasteiger partial charge in [0.05, 0.1) is 27.7 Å². The van der Waals surface area contributed by atoms with Crippen LogP contribution in [0.5, 0.6) is 0 Å². The SMILES string of the molecule is CCCCC/C=C/C/C=C/C/C=C/CCCCC(=O)OC[C@H](COP(=O)([O-])OCC[N+](C)(C)C)OC(=O)CCCC/C=C/C/C=C/C/C=C/CCCCC. The molecule has 0 rings (SSSR count). The molecule has 0 saturated carbocycles. The summed E-state index contributed by atoms with van der Waals surface area (Å²) in [4.78, 5) is 37.4. The summed E-state index contributed by atoms with van der Waals surface area (Å²) >= 11 is 0. The number of unbranched alkanes of at least 4 members (excludes halogenated alkanes) is 10. The molecule has 10 heteroatoms.